The van der Waals surface area contributed by atoms with Crippen LogP contribution in [0.3, 0.4) is 0 Å². The van der Waals surface area contributed by atoms with Crippen molar-refractivity contribution < 1.29 is 24.1 Å². The van der Waals surface area contributed by atoms with Crippen LogP contribution >= 0.6 is 12.4 Å². The van der Waals surface area contributed by atoms with Crippen LogP contribution < -0.4 is 14.2 Å². The van der Waals surface area contributed by atoms with Gasteiger partial charge in [0.1, 0.15) is 36.3 Å². The van der Waals surface area contributed by atoms with Crippen molar-refractivity contribution in [1.29, 1.82) is 0 Å². The molecule has 0 saturated carbocycles. The van der Waals surface area contributed by atoms with Crippen molar-refractivity contribution in [3.63, 3.8) is 0 Å². The fraction of sp³-hybridized carbons (Fsp3) is 0.214. The average Bonchev–Trinajstić information content (AvgIpc) is 3.20. The molecule has 4 aromatic rings. The van der Waals surface area contributed by atoms with Crippen LogP contribution in [0.5, 0.6) is 17.2 Å². The van der Waals surface area contributed by atoms with Gasteiger partial charge in [-0.25, -0.2) is 4.98 Å². The molecular formula is C28H29ClN2O5. The third kappa shape index (κ3) is 6.37. The van der Waals surface area contributed by atoms with E-state index in [1.807, 2.05) is 66.2 Å². The van der Waals surface area contributed by atoms with Gasteiger partial charge in [-0.15, -0.1) is 12.4 Å². The van der Waals surface area contributed by atoms with Gasteiger partial charge in [0.2, 0.25) is 0 Å². The van der Waals surface area contributed by atoms with Crippen molar-refractivity contribution in [2.24, 2.45) is 7.05 Å². The van der Waals surface area contributed by atoms with Crippen molar-refractivity contribution in [1.82, 2.24) is 9.55 Å². The maximum Gasteiger partial charge on any atom is 0.303 e. The predicted octanol–water partition coefficient (Wildman–Crippen LogP) is 5.82. The van der Waals surface area contributed by atoms with Crippen molar-refractivity contribution in [2.45, 2.75) is 26.1 Å². The van der Waals surface area contributed by atoms with E-state index >= 15 is 0 Å². The summed E-state index contributed by atoms with van der Waals surface area (Å²) in [6, 6.07) is 19.1. The minimum Gasteiger partial charge on any atom is -0.497 e. The van der Waals surface area contributed by atoms with E-state index < -0.39 is 5.97 Å². The highest BCUT2D eigenvalue weighted by Gasteiger charge is 2.12. The number of hydrogen-bond donors (Lipinski definition) is 1. The van der Waals surface area contributed by atoms with Crippen LogP contribution in [0.15, 0.2) is 67.2 Å². The molecule has 1 aromatic heterocycles. The molecule has 7 nitrogen and oxygen atoms in total. The number of aromatic nitrogens is 2. The summed E-state index contributed by atoms with van der Waals surface area (Å²) in [5.41, 5.74) is 4.67. The van der Waals surface area contributed by atoms with E-state index in [9.17, 15) is 4.79 Å². The molecule has 0 bridgehead atoms. The summed E-state index contributed by atoms with van der Waals surface area (Å²) in [7, 11) is 3.58. The lowest BCUT2D eigenvalue weighted by atomic mass is 10.1. The van der Waals surface area contributed by atoms with Crippen LogP contribution in [0.4, 0.5) is 0 Å². The topological polar surface area (TPSA) is 82.8 Å². The number of carbonyl (C=O) groups is 1. The van der Waals surface area contributed by atoms with Crippen LogP contribution in [-0.4, -0.2) is 27.7 Å². The Morgan fingerprint density at radius 2 is 1.78 bits per heavy atom. The highest BCUT2D eigenvalue weighted by molar-refractivity contribution is 5.85. The second-order valence-electron chi connectivity index (χ2n) is 8.13. The maximum atomic E-state index is 11.1. The van der Waals surface area contributed by atoms with Gasteiger partial charge in [0, 0.05) is 25.6 Å². The third-order valence-corrected chi connectivity index (χ3v) is 5.81. The van der Waals surface area contributed by atoms with E-state index in [0.717, 1.165) is 39.3 Å². The standard InChI is InChI=1S/C28H28N2O5.ClH/c1-4-19-5-7-20(8-6-19)17-35-26-16-23(11-9-21(26)10-14-28(31)32)34-18-27-29-24-13-12-22(33-3)15-25(24)30(27)2;/h4-9,11-13,15-16H,1,10,14,17-18H2,2-3H3,(H,31,32);1H. The molecule has 4 rings (SSSR count). The van der Waals surface area contributed by atoms with Crippen LogP contribution in [0.1, 0.15) is 28.9 Å². The summed E-state index contributed by atoms with van der Waals surface area (Å²) < 4.78 is 19.4. The number of imidazole rings is 1. The Morgan fingerprint density at radius 1 is 1.03 bits per heavy atom. The predicted molar refractivity (Wildman–Crippen MR) is 142 cm³/mol. The Morgan fingerprint density at radius 3 is 2.47 bits per heavy atom. The van der Waals surface area contributed by atoms with Crippen molar-refractivity contribution in [3.05, 3.63) is 89.8 Å². The molecule has 1 N–H and O–H groups in total. The summed E-state index contributed by atoms with van der Waals surface area (Å²) in [6.07, 6.45) is 2.18. The van der Waals surface area contributed by atoms with Crippen LogP contribution in [-0.2, 0) is 31.5 Å². The molecule has 1 heterocycles. The van der Waals surface area contributed by atoms with Crippen molar-refractivity contribution in [3.8, 4) is 17.2 Å². The lowest BCUT2D eigenvalue weighted by Crippen LogP contribution is -2.05. The fourth-order valence-corrected chi connectivity index (χ4v) is 3.74. The average molecular weight is 509 g/mol. The number of ether oxygens (including phenoxy) is 3. The molecule has 0 atom stereocenters. The Hall–Kier alpha value is -3.97. The number of benzene rings is 3. The largest absolute Gasteiger partial charge is 0.497 e. The molecule has 0 saturated heterocycles. The van der Waals surface area contributed by atoms with Gasteiger partial charge in [0.25, 0.3) is 0 Å². The van der Waals surface area contributed by atoms with Crippen molar-refractivity contribution in [2.75, 3.05) is 7.11 Å². The summed E-state index contributed by atoms with van der Waals surface area (Å²) in [5.74, 6) is 1.91. The Labute approximate surface area is 216 Å². The molecule has 0 aliphatic carbocycles. The summed E-state index contributed by atoms with van der Waals surface area (Å²) in [6.45, 7) is 4.39. The van der Waals surface area contributed by atoms with Gasteiger partial charge >= 0.3 is 5.97 Å². The quantitative estimate of drug-likeness (QED) is 0.275. The van der Waals surface area contributed by atoms with Crippen molar-refractivity contribution >= 4 is 35.5 Å². The molecule has 0 spiro atoms. The van der Waals surface area contributed by atoms with E-state index in [1.54, 1.807) is 19.3 Å². The zero-order chi connectivity index (χ0) is 24.8. The summed E-state index contributed by atoms with van der Waals surface area (Å²) >= 11 is 0. The van der Waals surface area contributed by atoms with Gasteiger partial charge in [-0.05, 0) is 41.3 Å². The molecule has 0 aliphatic heterocycles. The number of halogens is 1. The molecule has 0 aliphatic rings. The molecule has 36 heavy (non-hydrogen) atoms. The number of hydrogen-bond acceptors (Lipinski definition) is 5. The van der Waals surface area contributed by atoms with Crippen LogP contribution in [0.25, 0.3) is 17.1 Å². The Bertz CT molecular complexity index is 1350. The van der Waals surface area contributed by atoms with Gasteiger partial charge in [-0.1, -0.05) is 43.0 Å². The molecular weight excluding hydrogens is 480 g/mol. The minimum absolute atomic E-state index is 0. The zero-order valence-electron chi connectivity index (χ0n) is 20.3. The lowest BCUT2D eigenvalue weighted by molar-refractivity contribution is -0.136. The van der Waals surface area contributed by atoms with Crippen LogP contribution in [0, 0.1) is 0 Å². The second-order valence-corrected chi connectivity index (χ2v) is 8.13. The minimum atomic E-state index is -0.852. The number of carboxylic acid groups (broad SMARTS) is 1. The number of aryl methyl sites for hydroxylation is 2. The molecule has 0 amide bonds. The number of rotatable bonds is 11. The smallest absolute Gasteiger partial charge is 0.303 e. The number of methoxy groups -OCH3 is 1. The van der Waals surface area contributed by atoms with Crippen LogP contribution in [0.2, 0.25) is 0 Å². The second kappa shape index (κ2) is 12.1. The van der Waals surface area contributed by atoms with E-state index in [1.165, 1.54) is 0 Å². The SMILES string of the molecule is C=Cc1ccc(COc2cc(OCc3nc4ccc(OC)cc4n3C)ccc2CCC(=O)O)cc1.Cl. The molecule has 8 heteroatoms. The maximum absolute atomic E-state index is 11.1. The molecule has 0 fully saturated rings. The monoisotopic (exact) mass is 508 g/mol. The normalized spacial score (nSPS) is 10.5. The number of fused-ring (bicyclic) bond motifs is 1. The van der Waals surface area contributed by atoms with Gasteiger partial charge in [0.15, 0.2) is 0 Å². The number of aliphatic carboxylic acids is 1. The first kappa shape index (κ1) is 26.6. The zero-order valence-corrected chi connectivity index (χ0v) is 21.1. The Kier molecular flexibility index (Phi) is 8.97. The van der Waals surface area contributed by atoms with Gasteiger partial charge in [-0.2, -0.15) is 0 Å². The molecule has 188 valence electrons. The fourth-order valence-electron chi connectivity index (χ4n) is 3.74. The first-order valence-corrected chi connectivity index (χ1v) is 11.3. The third-order valence-electron chi connectivity index (χ3n) is 5.81. The highest BCUT2D eigenvalue weighted by atomic mass is 35.5. The molecule has 3 aromatic carbocycles. The molecule has 0 unspecified atom stereocenters. The summed E-state index contributed by atoms with van der Waals surface area (Å²) in [5, 5.41) is 9.12. The van der Waals surface area contributed by atoms with E-state index in [0.29, 0.717) is 24.5 Å². The number of nitrogens with zero attached hydrogens (tertiary/aromatic N) is 2. The van der Waals surface area contributed by atoms with E-state index in [4.69, 9.17) is 19.3 Å². The van der Waals surface area contributed by atoms with Gasteiger partial charge < -0.3 is 23.9 Å². The van der Waals surface area contributed by atoms with E-state index in [2.05, 4.69) is 11.6 Å². The summed E-state index contributed by atoms with van der Waals surface area (Å²) in [4.78, 5) is 15.8. The van der Waals surface area contributed by atoms with Gasteiger partial charge in [0.05, 0.1) is 18.1 Å². The molecule has 0 radical (unpaired) electrons. The lowest BCUT2D eigenvalue weighted by Gasteiger charge is -2.14. The van der Waals surface area contributed by atoms with E-state index in [-0.39, 0.29) is 25.4 Å². The highest BCUT2D eigenvalue weighted by Crippen LogP contribution is 2.28. The first-order valence-electron chi connectivity index (χ1n) is 11.3. The number of carboxylic acids is 1. The first-order chi connectivity index (χ1) is 17.0. The van der Waals surface area contributed by atoms with Gasteiger partial charge in [-0.3, -0.25) is 4.79 Å². The Balaban J connectivity index is 0.00000361.